The molecule has 2 unspecified atom stereocenters. The number of primary amides is 1. The molecule has 1 aromatic rings. The van der Waals surface area contributed by atoms with Crippen LogP contribution in [0.1, 0.15) is 24.0 Å². The van der Waals surface area contributed by atoms with Crippen LogP contribution in [0.2, 0.25) is 0 Å². The molecule has 0 aromatic heterocycles. The van der Waals surface area contributed by atoms with Gasteiger partial charge in [-0.3, -0.25) is 24.1 Å². The maximum absolute atomic E-state index is 13.6. The first-order valence-electron chi connectivity index (χ1n) is 10.1. The minimum Gasteiger partial charge on any atom is -0.507 e. The molecule has 4 rings (SSSR count). The van der Waals surface area contributed by atoms with Crippen LogP contribution in [-0.2, 0) is 19.2 Å². The van der Waals surface area contributed by atoms with E-state index in [4.69, 9.17) is 5.73 Å². The Hall–Kier alpha value is -3.08. The quantitative estimate of drug-likeness (QED) is 0.353. The number of amides is 1. The van der Waals surface area contributed by atoms with E-state index in [0.717, 1.165) is 0 Å². The Balaban J connectivity index is 2.02. The van der Waals surface area contributed by atoms with Gasteiger partial charge in [-0.1, -0.05) is 19.1 Å². The number of fused-ring (bicyclic) bond motifs is 3. The van der Waals surface area contributed by atoms with Crippen molar-refractivity contribution in [2.24, 2.45) is 23.5 Å². The number of phenols is 1. The van der Waals surface area contributed by atoms with E-state index in [9.17, 15) is 39.6 Å². The van der Waals surface area contributed by atoms with E-state index < -0.39 is 76.0 Å². The van der Waals surface area contributed by atoms with Crippen LogP contribution in [0.4, 0.5) is 0 Å². The fourth-order valence-corrected chi connectivity index (χ4v) is 5.72. The van der Waals surface area contributed by atoms with Gasteiger partial charge < -0.3 is 26.2 Å². The molecule has 10 heteroatoms. The second-order valence-corrected chi connectivity index (χ2v) is 8.94. The fourth-order valence-electron chi connectivity index (χ4n) is 5.72. The van der Waals surface area contributed by atoms with Gasteiger partial charge in [0.05, 0.1) is 23.6 Å². The molecular weight excluding hydrogens is 420 g/mol. The molecule has 1 amide bonds. The zero-order valence-corrected chi connectivity index (χ0v) is 17.6. The molecule has 3 aliphatic carbocycles. The molecule has 3 aliphatic rings. The molecule has 0 radical (unpaired) electrons. The van der Waals surface area contributed by atoms with E-state index in [0.29, 0.717) is 5.56 Å². The number of aromatic hydroxyl groups is 1. The Labute approximate surface area is 182 Å². The molecule has 0 spiro atoms. The maximum Gasteiger partial charge on any atom is 0.235 e. The van der Waals surface area contributed by atoms with E-state index in [2.05, 4.69) is 0 Å². The van der Waals surface area contributed by atoms with Gasteiger partial charge in [0.2, 0.25) is 11.7 Å². The molecule has 0 saturated heterocycles. The maximum atomic E-state index is 13.6. The molecule has 2 saturated carbocycles. The number of aliphatic hydroxyl groups excluding tert-OH is 2. The van der Waals surface area contributed by atoms with Gasteiger partial charge in [0.1, 0.15) is 11.5 Å². The van der Waals surface area contributed by atoms with Gasteiger partial charge in [-0.05, 0) is 31.6 Å². The first-order chi connectivity index (χ1) is 14.9. The second-order valence-electron chi connectivity index (χ2n) is 8.94. The van der Waals surface area contributed by atoms with Gasteiger partial charge in [-0.25, -0.2) is 0 Å². The summed E-state index contributed by atoms with van der Waals surface area (Å²) in [5.74, 6) is -11.2. The summed E-state index contributed by atoms with van der Waals surface area (Å²) < 4.78 is 0. The van der Waals surface area contributed by atoms with E-state index in [1.165, 1.54) is 25.1 Å². The van der Waals surface area contributed by atoms with Crippen molar-refractivity contribution in [1.82, 2.24) is 4.90 Å². The molecule has 0 heterocycles. The standard InChI is InChI=1S/C22H24N2O8/c1-7-8-5-4-6-9(25)11(8)16(26)12-10(7)17(27)14-15(24(2)3)18(28)13(21(23)31)20(30)22(14,32)19(12)29/h4-7,10,13-15,17,25-27,32H,1-3H3,(H2,23,31)/t7-,10+,13?,14+,15-,17-,22?/m0/s1. The van der Waals surface area contributed by atoms with Gasteiger partial charge in [-0.2, -0.15) is 0 Å². The SMILES string of the molecule is C[C@H]1c2cccc(O)c2C(O)=C2C(=O)C3(O)C(=O)C(C(N)=O)C(=O)[C@@H](N(C)C)[C@@H]3[C@@H](O)[C@@H]21. The first-order valence-corrected chi connectivity index (χ1v) is 10.1. The third-order valence-electron chi connectivity index (χ3n) is 7.13. The average molecular weight is 444 g/mol. The third kappa shape index (κ3) is 2.51. The number of ketones is 3. The highest BCUT2D eigenvalue weighted by Crippen LogP contribution is 2.55. The van der Waals surface area contributed by atoms with Crippen LogP contribution >= 0.6 is 0 Å². The molecular formula is C22H24N2O8. The van der Waals surface area contributed by atoms with Crippen molar-refractivity contribution in [1.29, 1.82) is 0 Å². The molecule has 0 bridgehead atoms. The lowest BCUT2D eigenvalue weighted by atomic mass is 9.52. The van der Waals surface area contributed by atoms with Gasteiger partial charge in [0, 0.05) is 11.5 Å². The Morgan fingerprint density at radius 3 is 2.34 bits per heavy atom. The van der Waals surface area contributed by atoms with Gasteiger partial charge >= 0.3 is 0 Å². The number of nitrogens with two attached hydrogens (primary N) is 1. The summed E-state index contributed by atoms with van der Waals surface area (Å²) in [7, 11) is 2.91. The van der Waals surface area contributed by atoms with Crippen LogP contribution in [0.25, 0.3) is 5.76 Å². The smallest absolute Gasteiger partial charge is 0.235 e. The first kappa shape index (κ1) is 22.1. The molecule has 7 atom stereocenters. The Morgan fingerprint density at radius 1 is 1.16 bits per heavy atom. The molecule has 1 aromatic carbocycles. The van der Waals surface area contributed by atoms with Gasteiger partial charge in [-0.15, -0.1) is 0 Å². The van der Waals surface area contributed by atoms with Crippen LogP contribution in [0.5, 0.6) is 5.75 Å². The Bertz CT molecular complexity index is 1110. The number of carbonyl (C=O) groups excluding carboxylic acids is 4. The average Bonchev–Trinajstić information content (AvgIpc) is 2.70. The lowest BCUT2D eigenvalue weighted by Crippen LogP contribution is -2.75. The minimum atomic E-state index is -2.97. The molecule has 2 fully saturated rings. The number of hydrogen-bond acceptors (Lipinski definition) is 9. The number of phenolic OH excluding ortho intramolecular Hbond substituents is 1. The van der Waals surface area contributed by atoms with Crippen LogP contribution in [0.3, 0.4) is 0 Å². The van der Waals surface area contributed by atoms with Crippen LogP contribution in [-0.4, -0.2) is 80.4 Å². The predicted molar refractivity (Wildman–Crippen MR) is 109 cm³/mol. The summed E-state index contributed by atoms with van der Waals surface area (Å²) in [5.41, 5.74) is 2.28. The number of likely N-dealkylation sites (N-methyl/N-ethyl adjacent to an activating group) is 1. The van der Waals surface area contributed by atoms with Crippen LogP contribution < -0.4 is 5.73 Å². The van der Waals surface area contributed by atoms with E-state index in [-0.39, 0.29) is 11.3 Å². The third-order valence-corrected chi connectivity index (χ3v) is 7.13. The highest BCUT2D eigenvalue weighted by Gasteiger charge is 2.71. The molecule has 0 aliphatic heterocycles. The van der Waals surface area contributed by atoms with E-state index in [1.807, 2.05) is 0 Å². The van der Waals surface area contributed by atoms with E-state index >= 15 is 0 Å². The highest BCUT2D eigenvalue weighted by atomic mass is 16.3. The minimum absolute atomic E-state index is 0.0382. The summed E-state index contributed by atoms with van der Waals surface area (Å²) in [6.45, 7) is 1.67. The largest absolute Gasteiger partial charge is 0.507 e. The zero-order chi connectivity index (χ0) is 23.9. The number of nitrogens with zero attached hydrogens (tertiary/aromatic N) is 1. The summed E-state index contributed by atoms with van der Waals surface area (Å²) in [5, 5.41) is 44.1. The number of rotatable bonds is 2. The summed E-state index contributed by atoms with van der Waals surface area (Å²) >= 11 is 0. The van der Waals surface area contributed by atoms with Crippen molar-refractivity contribution in [3.05, 3.63) is 34.9 Å². The summed E-state index contributed by atoms with van der Waals surface area (Å²) in [4.78, 5) is 53.1. The second kappa shape index (κ2) is 6.96. The lowest BCUT2D eigenvalue weighted by molar-refractivity contribution is -0.187. The van der Waals surface area contributed by atoms with Gasteiger partial charge in [0.25, 0.3) is 0 Å². The number of carbonyl (C=O) groups is 4. The number of aliphatic hydroxyl groups is 3. The Kier molecular flexibility index (Phi) is 4.81. The van der Waals surface area contributed by atoms with Gasteiger partial charge in [0.15, 0.2) is 23.1 Å². The van der Waals surface area contributed by atoms with Crippen molar-refractivity contribution in [3.63, 3.8) is 0 Å². The summed E-state index contributed by atoms with van der Waals surface area (Å²) in [6.07, 6.45) is -1.62. The summed E-state index contributed by atoms with van der Waals surface area (Å²) in [6, 6.07) is 3.11. The fraction of sp³-hybridized carbons (Fsp3) is 0.455. The molecule has 10 nitrogen and oxygen atoms in total. The Morgan fingerprint density at radius 2 is 1.78 bits per heavy atom. The van der Waals surface area contributed by atoms with Crippen molar-refractivity contribution in [3.8, 4) is 5.75 Å². The monoisotopic (exact) mass is 444 g/mol. The topological polar surface area (TPSA) is 178 Å². The highest BCUT2D eigenvalue weighted by molar-refractivity contribution is 6.32. The van der Waals surface area contributed by atoms with Crippen molar-refractivity contribution >= 4 is 29.0 Å². The number of hydrogen-bond donors (Lipinski definition) is 5. The number of Topliss-reactive ketones (excluding diaryl/α,β-unsaturated/α-hetero) is 3. The molecule has 170 valence electrons. The number of benzene rings is 1. The molecule has 32 heavy (non-hydrogen) atoms. The van der Waals surface area contributed by atoms with Crippen molar-refractivity contribution < 1.29 is 39.6 Å². The lowest BCUT2D eigenvalue weighted by Gasteiger charge is -2.54. The normalized spacial score (nSPS) is 36.6. The zero-order valence-electron chi connectivity index (χ0n) is 17.6. The van der Waals surface area contributed by atoms with E-state index in [1.54, 1.807) is 19.1 Å². The van der Waals surface area contributed by atoms with Crippen LogP contribution in [0, 0.1) is 17.8 Å². The van der Waals surface area contributed by atoms with Crippen LogP contribution in [0.15, 0.2) is 23.8 Å². The van der Waals surface area contributed by atoms with Crippen molar-refractivity contribution in [2.45, 2.75) is 30.6 Å². The molecule has 6 N–H and O–H groups in total. The predicted octanol–water partition coefficient (Wildman–Crippen LogP) is -1.13. The van der Waals surface area contributed by atoms with Crippen molar-refractivity contribution in [2.75, 3.05) is 14.1 Å².